The van der Waals surface area contributed by atoms with Gasteiger partial charge in [-0.1, -0.05) is 13.0 Å². The first-order valence-corrected chi connectivity index (χ1v) is 11.2. The molecule has 0 aliphatic heterocycles. The number of rotatable bonds is 6. The Labute approximate surface area is 196 Å². The van der Waals surface area contributed by atoms with Crippen LogP contribution in [0.3, 0.4) is 0 Å². The lowest BCUT2D eigenvalue weighted by molar-refractivity contribution is 0.0897. The number of anilines is 3. The number of aromatic nitrogens is 5. The Morgan fingerprint density at radius 2 is 1.97 bits per heavy atom. The molecule has 0 saturated heterocycles. The number of amides is 1. The van der Waals surface area contributed by atoms with E-state index in [4.69, 9.17) is 0 Å². The van der Waals surface area contributed by atoms with Gasteiger partial charge in [0.25, 0.3) is 11.5 Å². The SMILES string of the molecule is CNc1cc(Nc2cccn(-c3cccc(C)n3)c2=O)nc2c(C(=O)NC3CC(C)C3)cnn12. The molecule has 4 aromatic heterocycles. The lowest BCUT2D eigenvalue weighted by Gasteiger charge is -2.33. The second-order valence-corrected chi connectivity index (χ2v) is 8.68. The van der Waals surface area contributed by atoms with Crippen molar-refractivity contribution in [3.05, 3.63) is 70.4 Å². The molecule has 10 heteroatoms. The van der Waals surface area contributed by atoms with E-state index in [9.17, 15) is 9.59 Å². The Morgan fingerprint density at radius 3 is 2.71 bits per heavy atom. The normalized spacial score (nSPS) is 17.3. The average molecular weight is 459 g/mol. The quantitative estimate of drug-likeness (QED) is 0.407. The van der Waals surface area contributed by atoms with Crippen LogP contribution in [0.15, 0.2) is 53.6 Å². The predicted molar refractivity (Wildman–Crippen MR) is 130 cm³/mol. The molecule has 1 amide bonds. The van der Waals surface area contributed by atoms with Crippen LogP contribution in [0.2, 0.25) is 0 Å². The molecule has 0 aromatic carbocycles. The molecule has 0 unspecified atom stereocenters. The van der Waals surface area contributed by atoms with Crippen LogP contribution in [0.25, 0.3) is 11.5 Å². The number of aryl methyl sites for hydroxylation is 1. The van der Waals surface area contributed by atoms with Crippen LogP contribution in [0.5, 0.6) is 0 Å². The van der Waals surface area contributed by atoms with Crippen LogP contribution < -0.4 is 21.5 Å². The van der Waals surface area contributed by atoms with Crippen LogP contribution in [-0.2, 0) is 0 Å². The highest BCUT2D eigenvalue weighted by atomic mass is 16.2. The van der Waals surface area contributed by atoms with Gasteiger partial charge in [0.15, 0.2) is 5.65 Å². The maximum absolute atomic E-state index is 13.2. The third-order valence-electron chi connectivity index (χ3n) is 6.01. The molecule has 1 aliphatic carbocycles. The van der Waals surface area contributed by atoms with Gasteiger partial charge in [-0.3, -0.25) is 14.2 Å². The number of carbonyl (C=O) groups is 1. The van der Waals surface area contributed by atoms with Gasteiger partial charge in [0, 0.05) is 31.0 Å². The predicted octanol–water partition coefficient (Wildman–Crippen LogP) is 2.90. The summed E-state index contributed by atoms with van der Waals surface area (Å²) in [6, 6.07) is 10.9. The number of nitrogens with zero attached hydrogens (tertiary/aromatic N) is 5. The minimum absolute atomic E-state index is 0.181. The van der Waals surface area contributed by atoms with Crippen LogP contribution in [0.4, 0.5) is 17.3 Å². The number of fused-ring (bicyclic) bond motifs is 1. The van der Waals surface area contributed by atoms with E-state index in [2.05, 4.69) is 37.9 Å². The highest BCUT2D eigenvalue weighted by molar-refractivity contribution is 6.00. The Kier molecular flexibility index (Phi) is 5.48. The van der Waals surface area contributed by atoms with Crippen molar-refractivity contribution >= 4 is 28.9 Å². The van der Waals surface area contributed by atoms with Crippen LogP contribution in [0.1, 0.15) is 35.8 Å². The van der Waals surface area contributed by atoms with Crippen molar-refractivity contribution in [3.63, 3.8) is 0 Å². The Balaban J connectivity index is 1.49. The Hall–Kier alpha value is -4.21. The highest BCUT2D eigenvalue weighted by Gasteiger charge is 2.28. The summed E-state index contributed by atoms with van der Waals surface area (Å²) in [5.41, 5.74) is 1.67. The topological polar surface area (TPSA) is 118 Å². The van der Waals surface area contributed by atoms with Gasteiger partial charge in [0.1, 0.15) is 28.7 Å². The maximum atomic E-state index is 13.2. The summed E-state index contributed by atoms with van der Waals surface area (Å²) in [7, 11) is 1.76. The monoisotopic (exact) mass is 458 g/mol. The van der Waals surface area contributed by atoms with E-state index >= 15 is 0 Å². The summed E-state index contributed by atoms with van der Waals surface area (Å²) in [6.45, 7) is 4.04. The summed E-state index contributed by atoms with van der Waals surface area (Å²) in [6.07, 6.45) is 5.14. The van der Waals surface area contributed by atoms with Gasteiger partial charge in [-0.25, -0.2) is 9.97 Å². The molecule has 1 saturated carbocycles. The van der Waals surface area contributed by atoms with Gasteiger partial charge < -0.3 is 16.0 Å². The first-order chi connectivity index (χ1) is 16.4. The summed E-state index contributed by atoms with van der Waals surface area (Å²) < 4.78 is 3.05. The highest BCUT2D eigenvalue weighted by Crippen LogP contribution is 2.27. The number of nitrogens with one attached hydrogen (secondary N) is 3. The zero-order chi connectivity index (χ0) is 23.8. The van der Waals surface area contributed by atoms with Crippen molar-refractivity contribution in [1.82, 2.24) is 29.5 Å². The Bertz CT molecular complexity index is 1430. The molecule has 174 valence electrons. The van der Waals surface area contributed by atoms with Crippen molar-refractivity contribution < 1.29 is 4.79 Å². The molecule has 4 heterocycles. The van der Waals surface area contributed by atoms with Crippen molar-refractivity contribution in [1.29, 1.82) is 0 Å². The minimum Gasteiger partial charge on any atom is -0.373 e. The molecule has 3 N–H and O–H groups in total. The van der Waals surface area contributed by atoms with E-state index in [1.807, 2.05) is 19.1 Å². The van der Waals surface area contributed by atoms with Gasteiger partial charge in [0.05, 0.1) is 6.20 Å². The average Bonchev–Trinajstić information content (AvgIpc) is 3.23. The molecule has 4 aromatic rings. The molecule has 1 aliphatic rings. The van der Waals surface area contributed by atoms with Crippen LogP contribution in [-0.4, -0.2) is 43.1 Å². The molecular weight excluding hydrogens is 432 g/mol. The van der Waals surface area contributed by atoms with E-state index < -0.39 is 0 Å². The molecule has 5 rings (SSSR count). The molecular formula is C24H26N8O2. The van der Waals surface area contributed by atoms with Crippen molar-refractivity contribution in [3.8, 4) is 5.82 Å². The van der Waals surface area contributed by atoms with E-state index in [1.54, 1.807) is 42.0 Å². The number of pyridine rings is 2. The van der Waals surface area contributed by atoms with Gasteiger partial charge >= 0.3 is 0 Å². The molecule has 34 heavy (non-hydrogen) atoms. The largest absolute Gasteiger partial charge is 0.373 e. The fourth-order valence-corrected chi connectivity index (χ4v) is 4.22. The number of hydrogen-bond acceptors (Lipinski definition) is 7. The third kappa shape index (κ3) is 3.98. The second-order valence-electron chi connectivity index (χ2n) is 8.68. The van der Waals surface area contributed by atoms with Gasteiger partial charge in [-0.2, -0.15) is 9.61 Å². The Morgan fingerprint density at radius 1 is 1.15 bits per heavy atom. The molecule has 0 bridgehead atoms. The second kappa shape index (κ2) is 8.62. The van der Waals surface area contributed by atoms with Crippen molar-refractivity contribution in [2.24, 2.45) is 5.92 Å². The smallest absolute Gasteiger partial charge is 0.279 e. The third-order valence-corrected chi connectivity index (χ3v) is 6.01. The first-order valence-electron chi connectivity index (χ1n) is 11.2. The molecule has 10 nitrogen and oxygen atoms in total. The van der Waals surface area contributed by atoms with Gasteiger partial charge in [0.2, 0.25) is 0 Å². The lowest BCUT2D eigenvalue weighted by atomic mass is 9.82. The van der Waals surface area contributed by atoms with E-state index in [-0.39, 0.29) is 17.5 Å². The molecule has 1 fully saturated rings. The number of carbonyl (C=O) groups excluding carboxylic acids is 1. The maximum Gasteiger partial charge on any atom is 0.279 e. The first kappa shape index (κ1) is 21.6. The van der Waals surface area contributed by atoms with Crippen molar-refractivity contribution in [2.75, 3.05) is 17.7 Å². The summed E-state index contributed by atoms with van der Waals surface area (Å²) in [4.78, 5) is 35.1. The fraction of sp³-hybridized carbons (Fsp3) is 0.292. The number of hydrogen-bond donors (Lipinski definition) is 3. The van der Waals surface area contributed by atoms with Crippen molar-refractivity contribution in [2.45, 2.75) is 32.7 Å². The zero-order valence-corrected chi connectivity index (χ0v) is 19.2. The molecule has 0 radical (unpaired) electrons. The standard InChI is InChI=1S/C24H26N8O2/c1-14-10-16(11-14)28-23(33)17-13-26-32-21(25-3)12-19(30-22(17)32)29-18-7-5-9-31(24(18)34)20-8-4-6-15(2)27-20/h4-9,12-14,16,25H,10-11H2,1-3H3,(H,28,33)(H,29,30). The van der Waals surface area contributed by atoms with Gasteiger partial charge in [-0.05, 0) is 49.9 Å². The molecule has 0 atom stereocenters. The minimum atomic E-state index is -0.265. The van der Waals surface area contributed by atoms with Gasteiger partial charge in [-0.15, -0.1) is 0 Å². The van der Waals surface area contributed by atoms with Crippen LogP contribution in [0, 0.1) is 12.8 Å². The van der Waals surface area contributed by atoms with E-state index in [1.165, 1.54) is 10.8 Å². The lowest BCUT2D eigenvalue weighted by Crippen LogP contribution is -2.43. The molecule has 0 spiro atoms. The van der Waals surface area contributed by atoms with E-state index in [0.717, 1.165) is 18.5 Å². The summed E-state index contributed by atoms with van der Waals surface area (Å²) in [5.74, 6) is 2.00. The van der Waals surface area contributed by atoms with E-state index in [0.29, 0.717) is 40.3 Å². The fourth-order valence-electron chi connectivity index (χ4n) is 4.22. The summed E-state index contributed by atoms with van der Waals surface area (Å²) >= 11 is 0. The zero-order valence-electron chi connectivity index (χ0n) is 19.2. The van der Waals surface area contributed by atoms with Crippen LogP contribution >= 0.6 is 0 Å². The summed E-state index contributed by atoms with van der Waals surface area (Å²) in [5, 5.41) is 13.6.